The number of fused-ring (bicyclic) bond motifs is 1. The Bertz CT molecular complexity index is 1100. The molecule has 8 heteroatoms. The average molecular weight is 426 g/mol. The lowest BCUT2D eigenvalue weighted by atomic mass is 10.1. The number of ether oxygens (including phenoxy) is 1. The van der Waals surface area contributed by atoms with Crippen LogP contribution in [-0.4, -0.2) is 47.3 Å². The van der Waals surface area contributed by atoms with Gasteiger partial charge in [-0.15, -0.1) is 0 Å². The van der Waals surface area contributed by atoms with Crippen LogP contribution in [0.3, 0.4) is 0 Å². The van der Waals surface area contributed by atoms with Gasteiger partial charge >= 0.3 is 6.03 Å². The molecule has 164 valence electrons. The summed E-state index contributed by atoms with van der Waals surface area (Å²) < 4.78 is 20.2. The van der Waals surface area contributed by atoms with Gasteiger partial charge in [0.25, 0.3) is 5.56 Å². The quantitative estimate of drug-likeness (QED) is 0.597. The highest BCUT2D eigenvalue weighted by Crippen LogP contribution is 2.26. The highest BCUT2D eigenvalue weighted by atomic mass is 19.1. The fourth-order valence-corrected chi connectivity index (χ4v) is 3.60. The molecule has 0 aliphatic rings. The number of carbonyl (C=O) groups is 1. The molecule has 31 heavy (non-hydrogen) atoms. The van der Waals surface area contributed by atoms with E-state index >= 15 is 0 Å². The summed E-state index contributed by atoms with van der Waals surface area (Å²) in [5.41, 5.74) is 0.760. The summed E-state index contributed by atoms with van der Waals surface area (Å²) in [7, 11) is 1.57. The van der Waals surface area contributed by atoms with Crippen LogP contribution in [-0.2, 0) is 4.74 Å². The molecule has 0 saturated heterocycles. The Morgan fingerprint density at radius 3 is 2.55 bits per heavy atom. The van der Waals surface area contributed by atoms with Crippen LogP contribution in [0.5, 0.6) is 0 Å². The zero-order chi connectivity index (χ0) is 22.4. The van der Waals surface area contributed by atoms with Crippen molar-refractivity contribution in [3.8, 4) is 5.69 Å². The number of hydrogen-bond donors (Lipinski definition) is 1. The third-order valence-electron chi connectivity index (χ3n) is 5.07. The number of amides is 2. The molecule has 1 heterocycles. The molecule has 7 nitrogen and oxygen atoms in total. The first kappa shape index (κ1) is 22.4. The Labute approximate surface area is 180 Å². The van der Waals surface area contributed by atoms with E-state index in [1.807, 2.05) is 19.9 Å². The first-order chi connectivity index (χ1) is 15.0. The second kappa shape index (κ2) is 10.2. The molecule has 0 saturated carbocycles. The predicted molar refractivity (Wildman–Crippen MR) is 118 cm³/mol. The van der Waals surface area contributed by atoms with Crippen molar-refractivity contribution in [1.82, 2.24) is 19.8 Å². The van der Waals surface area contributed by atoms with Gasteiger partial charge in [-0.05, 0) is 49.7 Å². The largest absolute Gasteiger partial charge is 0.383 e. The molecule has 0 spiro atoms. The molecule has 3 aromatic rings. The number of aromatic nitrogens is 2. The summed E-state index contributed by atoms with van der Waals surface area (Å²) in [5, 5.41) is 3.28. The maximum absolute atomic E-state index is 13.6. The number of rotatable bonds is 8. The fourth-order valence-electron chi connectivity index (χ4n) is 3.60. The van der Waals surface area contributed by atoms with Crippen molar-refractivity contribution in [2.45, 2.75) is 26.3 Å². The van der Waals surface area contributed by atoms with Crippen molar-refractivity contribution in [2.24, 2.45) is 0 Å². The summed E-state index contributed by atoms with van der Waals surface area (Å²) in [6.45, 7) is 4.90. The van der Waals surface area contributed by atoms with Crippen molar-refractivity contribution >= 4 is 16.9 Å². The molecule has 1 aromatic heterocycles. The molecule has 0 bridgehead atoms. The SMILES string of the molecule is CCNC(=O)N(CCOC)C(CC)c1nc2ccccc2c(=O)n1-c1ccc(F)cc1. The maximum Gasteiger partial charge on any atom is 0.318 e. The highest BCUT2D eigenvalue weighted by Gasteiger charge is 2.28. The van der Waals surface area contributed by atoms with Gasteiger partial charge in [0, 0.05) is 20.2 Å². The van der Waals surface area contributed by atoms with E-state index in [4.69, 9.17) is 9.72 Å². The molecule has 0 fully saturated rings. The second-order valence-corrected chi connectivity index (χ2v) is 7.05. The summed E-state index contributed by atoms with van der Waals surface area (Å²) in [6, 6.07) is 12.0. The summed E-state index contributed by atoms with van der Waals surface area (Å²) in [4.78, 5) is 32.7. The third kappa shape index (κ3) is 4.74. The minimum Gasteiger partial charge on any atom is -0.383 e. The van der Waals surface area contributed by atoms with Crippen LogP contribution in [0.1, 0.15) is 32.1 Å². The van der Waals surface area contributed by atoms with E-state index in [0.29, 0.717) is 48.5 Å². The number of benzene rings is 2. The lowest BCUT2D eigenvalue weighted by Gasteiger charge is -2.32. The van der Waals surface area contributed by atoms with E-state index in [1.54, 1.807) is 30.2 Å². The number of para-hydroxylation sites is 1. The Morgan fingerprint density at radius 2 is 1.90 bits per heavy atom. The predicted octanol–water partition coefficient (Wildman–Crippen LogP) is 3.65. The van der Waals surface area contributed by atoms with E-state index in [1.165, 1.54) is 28.8 Å². The molecular weight excluding hydrogens is 399 g/mol. The molecule has 0 aliphatic heterocycles. The number of carbonyl (C=O) groups excluding carboxylic acids is 1. The fraction of sp³-hybridized carbons (Fsp3) is 0.348. The van der Waals surface area contributed by atoms with E-state index < -0.39 is 11.9 Å². The Hall–Kier alpha value is -3.26. The van der Waals surface area contributed by atoms with Gasteiger partial charge in [-0.1, -0.05) is 19.1 Å². The van der Waals surface area contributed by atoms with E-state index in [-0.39, 0.29) is 11.6 Å². The molecule has 2 amide bonds. The van der Waals surface area contributed by atoms with E-state index in [9.17, 15) is 14.0 Å². The zero-order valence-corrected chi connectivity index (χ0v) is 18.0. The molecule has 0 radical (unpaired) electrons. The number of hydrogen-bond acceptors (Lipinski definition) is 4. The van der Waals surface area contributed by atoms with Crippen LogP contribution in [0.2, 0.25) is 0 Å². The van der Waals surface area contributed by atoms with Gasteiger partial charge in [0.1, 0.15) is 11.6 Å². The van der Waals surface area contributed by atoms with Crippen LogP contribution in [0.15, 0.2) is 53.3 Å². The van der Waals surface area contributed by atoms with Gasteiger partial charge in [-0.2, -0.15) is 0 Å². The minimum absolute atomic E-state index is 0.264. The van der Waals surface area contributed by atoms with Gasteiger partial charge in [0.05, 0.1) is 29.2 Å². The number of methoxy groups -OCH3 is 1. The molecule has 2 aromatic carbocycles. The molecule has 1 N–H and O–H groups in total. The zero-order valence-electron chi connectivity index (χ0n) is 18.0. The van der Waals surface area contributed by atoms with Crippen molar-refractivity contribution in [2.75, 3.05) is 26.8 Å². The van der Waals surface area contributed by atoms with E-state index in [2.05, 4.69) is 5.32 Å². The highest BCUT2D eigenvalue weighted by molar-refractivity contribution is 5.78. The Balaban J connectivity index is 2.26. The third-order valence-corrected chi connectivity index (χ3v) is 5.07. The molecule has 0 aliphatic carbocycles. The first-order valence-electron chi connectivity index (χ1n) is 10.3. The van der Waals surface area contributed by atoms with Crippen LogP contribution in [0, 0.1) is 5.82 Å². The van der Waals surface area contributed by atoms with Gasteiger partial charge in [-0.25, -0.2) is 14.2 Å². The van der Waals surface area contributed by atoms with Crippen LogP contribution < -0.4 is 10.9 Å². The van der Waals surface area contributed by atoms with Crippen molar-refractivity contribution in [3.63, 3.8) is 0 Å². The Morgan fingerprint density at radius 1 is 1.19 bits per heavy atom. The summed E-state index contributed by atoms with van der Waals surface area (Å²) in [6.07, 6.45) is 0.521. The lowest BCUT2D eigenvalue weighted by Crippen LogP contribution is -2.45. The average Bonchev–Trinajstić information content (AvgIpc) is 2.77. The Kier molecular flexibility index (Phi) is 7.36. The van der Waals surface area contributed by atoms with Crippen molar-refractivity contribution < 1.29 is 13.9 Å². The number of nitrogens with one attached hydrogen (secondary N) is 1. The minimum atomic E-state index is -0.496. The first-order valence-corrected chi connectivity index (χ1v) is 10.3. The van der Waals surface area contributed by atoms with Crippen molar-refractivity contribution in [1.29, 1.82) is 0 Å². The van der Waals surface area contributed by atoms with Crippen LogP contribution in [0.4, 0.5) is 9.18 Å². The van der Waals surface area contributed by atoms with Gasteiger partial charge in [0.15, 0.2) is 0 Å². The van der Waals surface area contributed by atoms with Gasteiger partial charge < -0.3 is 15.0 Å². The van der Waals surface area contributed by atoms with Crippen molar-refractivity contribution in [3.05, 3.63) is 70.5 Å². The number of nitrogens with zero attached hydrogens (tertiary/aromatic N) is 3. The van der Waals surface area contributed by atoms with Crippen LogP contribution in [0.25, 0.3) is 16.6 Å². The van der Waals surface area contributed by atoms with E-state index in [0.717, 1.165) is 0 Å². The molecule has 1 atom stereocenters. The summed E-state index contributed by atoms with van der Waals surface area (Å²) >= 11 is 0. The van der Waals surface area contributed by atoms with Gasteiger partial charge in [0.2, 0.25) is 0 Å². The monoisotopic (exact) mass is 426 g/mol. The topological polar surface area (TPSA) is 76.5 Å². The summed E-state index contributed by atoms with van der Waals surface area (Å²) in [5.74, 6) is 0.0170. The maximum atomic E-state index is 13.6. The molecule has 3 rings (SSSR count). The number of urea groups is 1. The van der Waals surface area contributed by atoms with Gasteiger partial charge in [-0.3, -0.25) is 9.36 Å². The van der Waals surface area contributed by atoms with Crippen LogP contribution >= 0.6 is 0 Å². The lowest BCUT2D eigenvalue weighted by molar-refractivity contribution is 0.124. The normalized spacial score (nSPS) is 12.0. The molecule has 1 unspecified atom stereocenters. The molecular formula is C23H27FN4O3. The smallest absolute Gasteiger partial charge is 0.318 e. The standard InChI is InChI=1S/C23H27FN4O3/c1-4-20(27(14-15-31-3)23(30)25-5-2)21-26-19-9-7-6-8-18(19)22(29)28(21)17-12-10-16(24)11-13-17/h6-13,20H,4-5,14-15H2,1-3H3,(H,25,30). The number of halogens is 1. The second-order valence-electron chi connectivity index (χ2n) is 7.05.